The highest BCUT2D eigenvalue weighted by atomic mass is 32.1. The fourth-order valence-corrected chi connectivity index (χ4v) is 3.97. The second-order valence-electron chi connectivity index (χ2n) is 6.66. The van der Waals surface area contributed by atoms with Gasteiger partial charge in [-0.25, -0.2) is 9.97 Å². The van der Waals surface area contributed by atoms with Gasteiger partial charge in [-0.3, -0.25) is 0 Å². The highest BCUT2D eigenvalue weighted by Gasteiger charge is 2.14. The van der Waals surface area contributed by atoms with E-state index in [1.165, 1.54) is 27.2 Å². The molecule has 4 nitrogen and oxygen atoms in total. The third-order valence-electron chi connectivity index (χ3n) is 4.92. The van der Waals surface area contributed by atoms with Crippen LogP contribution in [0.1, 0.15) is 36.3 Å². The molecule has 0 radical (unpaired) electrons. The molecule has 28 heavy (non-hydrogen) atoms. The number of hydrogen-bond donors (Lipinski definition) is 0. The van der Waals surface area contributed by atoms with E-state index in [4.69, 9.17) is 9.47 Å². The molecule has 0 atom stereocenters. The van der Waals surface area contributed by atoms with Crippen LogP contribution in [-0.2, 0) is 4.74 Å². The lowest BCUT2D eigenvalue weighted by atomic mass is 9.98. The molecule has 2 aromatic heterocycles. The Morgan fingerprint density at radius 3 is 2.57 bits per heavy atom. The predicted octanol–water partition coefficient (Wildman–Crippen LogP) is 6.10. The number of aromatic nitrogens is 2. The number of benzene rings is 1. The quantitative estimate of drug-likeness (QED) is 0.359. The van der Waals surface area contributed by atoms with Gasteiger partial charge in [0.1, 0.15) is 23.5 Å². The highest BCUT2D eigenvalue weighted by Crippen LogP contribution is 2.34. The van der Waals surface area contributed by atoms with Crippen LogP contribution >= 0.6 is 11.3 Å². The normalized spacial score (nSPS) is 12.8. The highest BCUT2D eigenvalue weighted by molar-refractivity contribution is 7.18. The van der Waals surface area contributed by atoms with Crippen molar-refractivity contribution in [3.63, 3.8) is 0 Å². The first kappa shape index (κ1) is 20.1. The Labute approximate surface area is 170 Å². The first-order chi connectivity index (χ1) is 13.5. The fourth-order valence-electron chi connectivity index (χ4n) is 2.98. The molecule has 3 aromatic rings. The standard InChI is InChI=1S/C23H26N2O2S/c1-6-15(2)20(18-10-8-7-9-11-18)12-19(26-5)13-27-22-21-16(3)17(4)28-23(21)25-14-24-22/h7-12,14H,6,13H2,1-5H3. The van der Waals surface area contributed by atoms with Crippen LogP contribution < -0.4 is 4.74 Å². The van der Waals surface area contributed by atoms with Gasteiger partial charge in [-0.1, -0.05) is 42.8 Å². The summed E-state index contributed by atoms with van der Waals surface area (Å²) in [5, 5.41) is 0.990. The van der Waals surface area contributed by atoms with Crippen molar-refractivity contribution in [3.8, 4) is 5.88 Å². The third kappa shape index (κ3) is 4.25. The maximum Gasteiger partial charge on any atom is 0.226 e. The molecule has 0 spiro atoms. The van der Waals surface area contributed by atoms with E-state index < -0.39 is 0 Å². The number of aryl methyl sites for hydroxylation is 2. The fraction of sp³-hybridized carbons (Fsp3) is 0.304. The Bertz CT molecular complexity index is 1020. The zero-order valence-corrected chi connectivity index (χ0v) is 17.9. The number of allylic oxidation sites excluding steroid dienone is 3. The second-order valence-corrected chi connectivity index (χ2v) is 7.86. The zero-order chi connectivity index (χ0) is 20.1. The minimum absolute atomic E-state index is 0.310. The number of methoxy groups -OCH3 is 1. The van der Waals surface area contributed by atoms with Gasteiger partial charge in [0.25, 0.3) is 0 Å². The minimum Gasteiger partial charge on any atom is -0.497 e. The third-order valence-corrected chi connectivity index (χ3v) is 6.04. The van der Waals surface area contributed by atoms with Crippen LogP contribution in [0.2, 0.25) is 0 Å². The van der Waals surface area contributed by atoms with Crippen molar-refractivity contribution in [1.29, 1.82) is 0 Å². The summed E-state index contributed by atoms with van der Waals surface area (Å²) in [6, 6.07) is 10.4. The van der Waals surface area contributed by atoms with Crippen molar-refractivity contribution in [2.24, 2.45) is 0 Å². The van der Waals surface area contributed by atoms with E-state index in [0.717, 1.165) is 22.4 Å². The average Bonchev–Trinajstić information content (AvgIpc) is 3.02. The van der Waals surface area contributed by atoms with Crippen molar-refractivity contribution in [2.45, 2.75) is 34.1 Å². The van der Waals surface area contributed by atoms with E-state index in [1.54, 1.807) is 24.8 Å². The molecule has 5 heteroatoms. The summed E-state index contributed by atoms with van der Waals surface area (Å²) in [6.45, 7) is 8.80. The van der Waals surface area contributed by atoms with E-state index in [1.807, 2.05) is 18.2 Å². The van der Waals surface area contributed by atoms with Gasteiger partial charge in [0.15, 0.2) is 0 Å². The van der Waals surface area contributed by atoms with Gasteiger partial charge in [-0.15, -0.1) is 11.3 Å². The van der Waals surface area contributed by atoms with Crippen LogP contribution in [0.4, 0.5) is 0 Å². The van der Waals surface area contributed by atoms with Gasteiger partial charge in [-0.05, 0) is 50.0 Å². The van der Waals surface area contributed by atoms with Crippen LogP contribution in [0, 0.1) is 13.8 Å². The second kappa shape index (κ2) is 9.02. The van der Waals surface area contributed by atoms with Crippen LogP contribution in [0.3, 0.4) is 0 Å². The minimum atomic E-state index is 0.310. The monoisotopic (exact) mass is 394 g/mol. The van der Waals surface area contributed by atoms with Crippen molar-refractivity contribution < 1.29 is 9.47 Å². The first-order valence-corrected chi connectivity index (χ1v) is 10.2. The molecule has 146 valence electrons. The van der Waals surface area contributed by atoms with E-state index >= 15 is 0 Å². The van der Waals surface area contributed by atoms with Gasteiger partial charge >= 0.3 is 0 Å². The van der Waals surface area contributed by atoms with E-state index in [2.05, 4.69) is 55.9 Å². The Kier molecular flexibility index (Phi) is 6.47. The molecule has 3 rings (SSSR count). The largest absolute Gasteiger partial charge is 0.497 e. The maximum atomic E-state index is 6.06. The lowest BCUT2D eigenvalue weighted by molar-refractivity contribution is 0.217. The van der Waals surface area contributed by atoms with Crippen LogP contribution in [-0.4, -0.2) is 23.7 Å². The van der Waals surface area contributed by atoms with Gasteiger partial charge in [0.2, 0.25) is 5.88 Å². The molecule has 0 amide bonds. The Morgan fingerprint density at radius 2 is 1.89 bits per heavy atom. The van der Waals surface area contributed by atoms with Crippen LogP contribution in [0.15, 0.2) is 54.1 Å². The number of fused-ring (bicyclic) bond motifs is 1. The van der Waals surface area contributed by atoms with E-state index in [-0.39, 0.29) is 0 Å². The van der Waals surface area contributed by atoms with Gasteiger partial charge in [-0.2, -0.15) is 0 Å². The van der Waals surface area contributed by atoms with Crippen LogP contribution in [0.5, 0.6) is 5.88 Å². The van der Waals surface area contributed by atoms with Gasteiger partial charge in [0, 0.05) is 4.88 Å². The van der Waals surface area contributed by atoms with Crippen LogP contribution in [0.25, 0.3) is 15.8 Å². The number of thiophene rings is 1. The van der Waals surface area contributed by atoms with Gasteiger partial charge < -0.3 is 9.47 Å². The molecular weight excluding hydrogens is 368 g/mol. The first-order valence-electron chi connectivity index (χ1n) is 9.38. The van der Waals surface area contributed by atoms with Gasteiger partial charge in [0.05, 0.1) is 12.5 Å². The van der Waals surface area contributed by atoms with E-state index in [0.29, 0.717) is 12.5 Å². The Morgan fingerprint density at radius 1 is 1.14 bits per heavy atom. The molecule has 1 aromatic carbocycles. The summed E-state index contributed by atoms with van der Waals surface area (Å²) in [4.78, 5) is 10.9. The van der Waals surface area contributed by atoms with Crippen molar-refractivity contribution in [1.82, 2.24) is 9.97 Å². The summed E-state index contributed by atoms with van der Waals surface area (Å²) in [6.07, 6.45) is 4.59. The number of ether oxygens (including phenoxy) is 2. The van der Waals surface area contributed by atoms with E-state index in [9.17, 15) is 0 Å². The topological polar surface area (TPSA) is 44.2 Å². The molecule has 0 saturated heterocycles. The lowest BCUT2D eigenvalue weighted by Gasteiger charge is -2.13. The maximum absolute atomic E-state index is 6.06. The molecule has 0 aliphatic rings. The summed E-state index contributed by atoms with van der Waals surface area (Å²) in [5.74, 6) is 1.36. The van der Waals surface area contributed by atoms with Crippen molar-refractivity contribution in [2.75, 3.05) is 13.7 Å². The lowest BCUT2D eigenvalue weighted by Crippen LogP contribution is -2.05. The van der Waals surface area contributed by atoms with Crippen molar-refractivity contribution >= 4 is 27.1 Å². The molecule has 0 aliphatic carbocycles. The molecule has 2 heterocycles. The summed E-state index contributed by atoms with van der Waals surface area (Å²) >= 11 is 1.66. The number of hydrogen-bond acceptors (Lipinski definition) is 5. The molecule has 0 bridgehead atoms. The average molecular weight is 395 g/mol. The predicted molar refractivity (Wildman–Crippen MR) is 117 cm³/mol. The SMILES string of the molecule is CCC(C)=C(C=C(COc1ncnc2sc(C)c(C)c12)OC)c1ccccc1. The smallest absolute Gasteiger partial charge is 0.226 e. The number of nitrogens with zero attached hydrogens (tertiary/aromatic N) is 2. The zero-order valence-electron chi connectivity index (χ0n) is 17.1. The molecule has 0 fully saturated rings. The summed E-state index contributed by atoms with van der Waals surface area (Å²) < 4.78 is 11.7. The molecule has 0 aliphatic heterocycles. The Balaban J connectivity index is 1.90. The molecule has 0 saturated carbocycles. The molecular formula is C23H26N2O2S. The van der Waals surface area contributed by atoms with Crippen molar-refractivity contribution in [3.05, 3.63) is 70.1 Å². The summed E-state index contributed by atoms with van der Waals surface area (Å²) in [5.41, 5.74) is 4.81. The molecule has 0 N–H and O–H groups in total. The molecule has 0 unspecified atom stereocenters. The number of rotatable bonds is 7. The Hall–Kier alpha value is -2.66. The summed E-state index contributed by atoms with van der Waals surface area (Å²) in [7, 11) is 1.68.